The lowest BCUT2D eigenvalue weighted by Crippen LogP contribution is -2.42. The molecule has 0 bridgehead atoms. The van der Waals surface area contributed by atoms with E-state index in [9.17, 15) is 0 Å². The van der Waals surface area contributed by atoms with Crippen LogP contribution in [0.1, 0.15) is 27.7 Å². The number of hydrogen-bond donors (Lipinski definition) is 0. The molecule has 0 fully saturated rings. The second-order valence-electron chi connectivity index (χ2n) is 4.65. The first kappa shape index (κ1) is 11.1. The summed E-state index contributed by atoms with van der Waals surface area (Å²) >= 11 is 12.7. The predicted molar refractivity (Wildman–Crippen MR) is 60.3 cm³/mol. The highest BCUT2D eigenvalue weighted by Gasteiger charge is 2.44. The number of allylic oxidation sites excluding steroid dienone is 4. The van der Waals surface area contributed by atoms with Crippen LogP contribution in [0.15, 0.2) is 23.3 Å². The second-order valence-corrected chi connectivity index (χ2v) is 5.71. The summed E-state index contributed by atoms with van der Waals surface area (Å²) in [6, 6.07) is 0. The fourth-order valence-electron chi connectivity index (χ4n) is 1.67. The van der Waals surface area contributed by atoms with Crippen molar-refractivity contribution in [3.05, 3.63) is 23.3 Å². The van der Waals surface area contributed by atoms with Crippen molar-refractivity contribution >= 4 is 23.2 Å². The molecule has 0 amide bonds. The van der Waals surface area contributed by atoms with Crippen molar-refractivity contribution in [1.82, 2.24) is 0 Å². The molecule has 2 unspecified atom stereocenters. The predicted octanol–water partition coefficient (Wildman–Crippen LogP) is 4.34. The smallest absolute Gasteiger partial charge is 0.0751 e. The van der Waals surface area contributed by atoms with Crippen LogP contribution in [-0.2, 0) is 0 Å². The Morgan fingerprint density at radius 3 is 2.31 bits per heavy atom. The Kier molecular flexibility index (Phi) is 2.85. The molecule has 0 aromatic carbocycles. The van der Waals surface area contributed by atoms with Crippen molar-refractivity contribution in [2.24, 2.45) is 11.3 Å². The molecule has 0 saturated carbocycles. The minimum atomic E-state index is -0.362. The summed E-state index contributed by atoms with van der Waals surface area (Å²) in [5, 5.41) is 0.840. The Bertz CT molecular complexity index is 258. The topological polar surface area (TPSA) is 0 Å². The van der Waals surface area contributed by atoms with Crippen molar-refractivity contribution in [1.29, 1.82) is 0 Å². The van der Waals surface area contributed by atoms with E-state index in [1.54, 1.807) is 0 Å². The molecule has 74 valence electrons. The van der Waals surface area contributed by atoms with Crippen LogP contribution < -0.4 is 0 Å². The van der Waals surface area contributed by atoms with Gasteiger partial charge in [0, 0.05) is 11.0 Å². The highest BCUT2D eigenvalue weighted by molar-refractivity contribution is 6.33. The molecule has 2 heteroatoms. The van der Waals surface area contributed by atoms with E-state index in [0.29, 0.717) is 0 Å². The summed E-state index contributed by atoms with van der Waals surface area (Å²) in [4.78, 5) is -0.362. The van der Waals surface area contributed by atoms with E-state index in [1.807, 2.05) is 18.2 Å². The molecule has 0 aromatic heterocycles. The molecular weight excluding hydrogens is 203 g/mol. The van der Waals surface area contributed by atoms with Crippen molar-refractivity contribution in [2.45, 2.75) is 32.6 Å². The standard InChI is InChI=1S/C11H16Cl2/c1-8-9(12)6-5-7-11(8,13)10(2,3)4/h5-8H,1-4H3. The minimum Gasteiger partial charge on any atom is -0.113 e. The van der Waals surface area contributed by atoms with Crippen LogP contribution in [0.2, 0.25) is 0 Å². The van der Waals surface area contributed by atoms with Crippen LogP contribution in [0, 0.1) is 11.3 Å². The lowest BCUT2D eigenvalue weighted by atomic mass is 9.71. The summed E-state index contributed by atoms with van der Waals surface area (Å²) in [5.41, 5.74) is 0.0128. The van der Waals surface area contributed by atoms with Crippen LogP contribution in [0.25, 0.3) is 0 Å². The second kappa shape index (κ2) is 3.33. The summed E-state index contributed by atoms with van der Waals surface area (Å²) in [7, 11) is 0. The Hall–Kier alpha value is 0.0600. The van der Waals surface area contributed by atoms with Gasteiger partial charge in [0.2, 0.25) is 0 Å². The number of halogens is 2. The van der Waals surface area contributed by atoms with Crippen molar-refractivity contribution in [3.63, 3.8) is 0 Å². The first-order valence-corrected chi connectivity index (χ1v) is 5.28. The molecule has 0 N–H and O–H groups in total. The van der Waals surface area contributed by atoms with Crippen molar-refractivity contribution < 1.29 is 0 Å². The maximum Gasteiger partial charge on any atom is 0.0751 e. The van der Waals surface area contributed by atoms with E-state index in [4.69, 9.17) is 23.2 Å². The zero-order valence-corrected chi connectivity index (χ0v) is 10.1. The minimum absolute atomic E-state index is 0.0128. The van der Waals surface area contributed by atoms with Crippen molar-refractivity contribution in [2.75, 3.05) is 0 Å². The van der Waals surface area contributed by atoms with E-state index in [-0.39, 0.29) is 16.2 Å². The largest absolute Gasteiger partial charge is 0.113 e. The average molecular weight is 219 g/mol. The van der Waals surface area contributed by atoms with Gasteiger partial charge in [0.1, 0.15) is 0 Å². The number of alkyl halides is 1. The van der Waals surface area contributed by atoms with Gasteiger partial charge in [0.25, 0.3) is 0 Å². The zero-order valence-electron chi connectivity index (χ0n) is 8.57. The molecule has 2 atom stereocenters. The van der Waals surface area contributed by atoms with Gasteiger partial charge in [-0.25, -0.2) is 0 Å². The fourth-order valence-corrected chi connectivity index (χ4v) is 2.16. The Balaban J connectivity index is 3.07. The lowest BCUT2D eigenvalue weighted by Gasteiger charge is -2.43. The fraction of sp³-hybridized carbons (Fsp3) is 0.636. The van der Waals surface area contributed by atoms with Gasteiger partial charge in [-0.2, -0.15) is 0 Å². The van der Waals surface area contributed by atoms with E-state index in [0.717, 1.165) is 5.03 Å². The third-order valence-electron chi connectivity index (χ3n) is 2.79. The number of rotatable bonds is 0. The summed E-state index contributed by atoms with van der Waals surface area (Å²) in [5.74, 6) is 0.181. The molecular formula is C11H16Cl2. The Morgan fingerprint density at radius 1 is 1.38 bits per heavy atom. The van der Waals surface area contributed by atoms with Crippen LogP contribution in [0.4, 0.5) is 0 Å². The van der Waals surface area contributed by atoms with Gasteiger partial charge in [-0.05, 0) is 11.5 Å². The van der Waals surface area contributed by atoms with Crippen molar-refractivity contribution in [3.8, 4) is 0 Å². The Labute approximate surface area is 90.6 Å². The van der Waals surface area contributed by atoms with Gasteiger partial charge in [-0.3, -0.25) is 0 Å². The molecule has 0 aliphatic heterocycles. The first-order valence-electron chi connectivity index (χ1n) is 4.53. The Morgan fingerprint density at radius 2 is 1.92 bits per heavy atom. The molecule has 0 nitrogen and oxygen atoms in total. The summed E-state index contributed by atoms with van der Waals surface area (Å²) in [6.45, 7) is 8.48. The normalized spacial score (nSPS) is 34.6. The molecule has 0 spiro atoms. The maximum atomic E-state index is 6.58. The molecule has 0 radical (unpaired) electrons. The van der Waals surface area contributed by atoms with Gasteiger partial charge < -0.3 is 0 Å². The van der Waals surface area contributed by atoms with Crippen LogP contribution in [-0.4, -0.2) is 4.87 Å². The zero-order chi connectivity index (χ0) is 10.3. The van der Waals surface area contributed by atoms with Crippen LogP contribution >= 0.6 is 23.2 Å². The highest BCUT2D eigenvalue weighted by atomic mass is 35.5. The maximum absolute atomic E-state index is 6.58. The molecule has 0 saturated heterocycles. The van der Waals surface area contributed by atoms with E-state index >= 15 is 0 Å². The third kappa shape index (κ3) is 1.80. The molecule has 1 aliphatic carbocycles. The summed E-state index contributed by atoms with van der Waals surface area (Å²) in [6.07, 6.45) is 5.91. The SMILES string of the molecule is CC1C(Cl)=CC=CC1(Cl)C(C)(C)C. The van der Waals surface area contributed by atoms with E-state index in [2.05, 4.69) is 27.7 Å². The van der Waals surface area contributed by atoms with E-state index < -0.39 is 0 Å². The molecule has 0 aromatic rings. The third-order valence-corrected chi connectivity index (χ3v) is 4.26. The van der Waals surface area contributed by atoms with Crippen LogP contribution in [0.3, 0.4) is 0 Å². The van der Waals surface area contributed by atoms with Gasteiger partial charge in [0.15, 0.2) is 0 Å². The monoisotopic (exact) mass is 218 g/mol. The van der Waals surface area contributed by atoms with Gasteiger partial charge >= 0.3 is 0 Å². The van der Waals surface area contributed by atoms with Crippen LogP contribution in [0.5, 0.6) is 0 Å². The molecule has 1 rings (SSSR count). The van der Waals surface area contributed by atoms with E-state index in [1.165, 1.54) is 0 Å². The van der Waals surface area contributed by atoms with Gasteiger partial charge in [-0.1, -0.05) is 51.4 Å². The molecule has 1 aliphatic rings. The molecule has 0 heterocycles. The number of hydrogen-bond acceptors (Lipinski definition) is 0. The quantitative estimate of drug-likeness (QED) is 0.531. The molecule has 13 heavy (non-hydrogen) atoms. The summed E-state index contributed by atoms with van der Waals surface area (Å²) < 4.78 is 0. The first-order chi connectivity index (χ1) is 5.79. The lowest BCUT2D eigenvalue weighted by molar-refractivity contribution is 0.271. The highest BCUT2D eigenvalue weighted by Crippen LogP contribution is 2.48. The van der Waals surface area contributed by atoms with Gasteiger partial charge in [-0.15, -0.1) is 11.6 Å². The average Bonchev–Trinajstić information content (AvgIpc) is 1.98. The van der Waals surface area contributed by atoms with Gasteiger partial charge in [0.05, 0.1) is 4.87 Å².